The molecule has 0 spiro atoms. The van der Waals surface area contributed by atoms with Crippen molar-refractivity contribution in [2.75, 3.05) is 25.6 Å². The van der Waals surface area contributed by atoms with E-state index in [1.807, 2.05) is 0 Å². The van der Waals surface area contributed by atoms with Gasteiger partial charge in [-0.15, -0.1) is 0 Å². The molecule has 0 unspecified atom stereocenters. The Bertz CT molecular complexity index is 988. The van der Waals surface area contributed by atoms with Crippen molar-refractivity contribution in [1.29, 1.82) is 0 Å². The number of hydrogen-bond donors (Lipinski definition) is 2. The van der Waals surface area contributed by atoms with E-state index >= 15 is 0 Å². The molecule has 0 saturated carbocycles. The fourth-order valence-electron chi connectivity index (χ4n) is 2.89. The van der Waals surface area contributed by atoms with Gasteiger partial charge >= 0.3 is 6.03 Å². The van der Waals surface area contributed by atoms with Crippen molar-refractivity contribution in [2.45, 2.75) is 13.5 Å². The summed E-state index contributed by atoms with van der Waals surface area (Å²) >= 11 is 0. The first-order chi connectivity index (χ1) is 14.4. The monoisotopic (exact) mass is 411 g/mol. The third-order valence-electron chi connectivity index (χ3n) is 4.42. The lowest BCUT2D eigenvalue weighted by Gasteiger charge is -2.14. The molecule has 1 aliphatic heterocycles. The molecule has 30 heavy (non-hydrogen) atoms. The molecule has 0 aromatic heterocycles. The molecule has 3 rings (SSSR count). The highest BCUT2D eigenvalue weighted by Crippen LogP contribution is 2.28. The van der Waals surface area contributed by atoms with Gasteiger partial charge in [0.25, 0.3) is 5.91 Å². The van der Waals surface area contributed by atoms with E-state index in [9.17, 15) is 19.2 Å². The summed E-state index contributed by atoms with van der Waals surface area (Å²) in [5.41, 5.74) is 1.68. The van der Waals surface area contributed by atoms with E-state index in [1.54, 1.807) is 42.5 Å². The van der Waals surface area contributed by atoms with Crippen LogP contribution in [-0.4, -0.2) is 48.8 Å². The molecule has 1 heterocycles. The topological polar surface area (TPSA) is 114 Å². The van der Waals surface area contributed by atoms with E-state index in [-0.39, 0.29) is 31.4 Å². The van der Waals surface area contributed by atoms with Crippen LogP contribution in [0.4, 0.5) is 10.5 Å². The van der Waals surface area contributed by atoms with E-state index in [0.29, 0.717) is 28.3 Å². The zero-order valence-corrected chi connectivity index (χ0v) is 16.6. The number of benzene rings is 2. The van der Waals surface area contributed by atoms with E-state index in [2.05, 4.69) is 10.6 Å². The van der Waals surface area contributed by atoms with Gasteiger partial charge in [0.15, 0.2) is 23.9 Å². The first-order valence-electron chi connectivity index (χ1n) is 9.16. The maximum atomic E-state index is 12.3. The molecule has 2 aromatic rings. The van der Waals surface area contributed by atoms with Gasteiger partial charge in [-0.2, -0.15) is 0 Å². The Morgan fingerprint density at radius 1 is 1.13 bits per heavy atom. The molecule has 2 N–H and O–H groups in total. The van der Waals surface area contributed by atoms with Gasteiger partial charge in [-0.3, -0.25) is 19.3 Å². The van der Waals surface area contributed by atoms with Crippen molar-refractivity contribution in [3.8, 4) is 11.5 Å². The SMILES string of the molecule is COc1cc(C(C)=O)ccc1OCC(=O)Nc1cccc(CN2C(=O)CNC2=O)c1. The smallest absolute Gasteiger partial charge is 0.324 e. The van der Waals surface area contributed by atoms with Crippen molar-refractivity contribution in [3.63, 3.8) is 0 Å². The van der Waals surface area contributed by atoms with Gasteiger partial charge < -0.3 is 20.1 Å². The number of nitrogens with one attached hydrogen (secondary N) is 2. The van der Waals surface area contributed by atoms with Gasteiger partial charge in [0.1, 0.15) is 0 Å². The van der Waals surface area contributed by atoms with Crippen LogP contribution in [0.1, 0.15) is 22.8 Å². The number of urea groups is 1. The fourth-order valence-corrected chi connectivity index (χ4v) is 2.89. The minimum Gasteiger partial charge on any atom is -0.493 e. The van der Waals surface area contributed by atoms with Crippen molar-refractivity contribution >= 4 is 29.3 Å². The molecule has 0 atom stereocenters. The summed E-state index contributed by atoms with van der Waals surface area (Å²) in [4.78, 5) is 48.2. The second-order valence-electron chi connectivity index (χ2n) is 6.60. The lowest BCUT2D eigenvalue weighted by atomic mass is 10.1. The number of amides is 4. The van der Waals surface area contributed by atoms with Gasteiger partial charge in [0.2, 0.25) is 5.91 Å². The van der Waals surface area contributed by atoms with Crippen LogP contribution in [0.2, 0.25) is 0 Å². The summed E-state index contributed by atoms with van der Waals surface area (Å²) in [5.74, 6) is -0.117. The molecule has 9 nitrogen and oxygen atoms in total. The first-order valence-corrected chi connectivity index (χ1v) is 9.16. The van der Waals surface area contributed by atoms with Crippen molar-refractivity contribution in [3.05, 3.63) is 53.6 Å². The Labute approximate surface area is 172 Å². The summed E-state index contributed by atoms with van der Waals surface area (Å²) in [6.45, 7) is 1.28. The molecule has 9 heteroatoms. The number of imide groups is 1. The van der Waals surface area contributed by atoms with Crippen LogP contribution in [0.3, 0.4) is 0 Å². The highest BCUT2D eigenvalue weighted by Gasteiger charge is 2.28. The Morgan fingerprint density at radius 2 is 1.93 bits per heavy atom. The lowest BCUT2D eigenvalue weighted by Crippen LogP contribution is -2.30. The van der Waals surface area contributed by atoms with Crippen LogP contribution in [0.25, 0.3) is 0 Å². The molecule has 156 valence electrons. The quantitative estimate of drug-likeness (QED) is 0.507. The van der Waals surface area contributed by atoms with Gasteiger partial charge in [0.05, 0.1) is 20.2 Å². The lowest BCUT2D eigenvalue weighted by molar-refractivity contribution is -0.125. The third-order valence-corrected chi connectivity index (χ3v) is 4.42. The van der Waals surface area contributed by atoms with Crippen molar-refractivity contribution < 1.29 is 28.7 Å². The molecular weight excluding hydrogens is 390 g/mol. The number of carbonyl (C=O) groups excluding carboxylic acids is 4. The Kier molecular flexibility index (Phi) is 6.31. The number of carbonyl (C=O) groups is 4. The Hall–Kier alpha value is -3.88. The van der Waals surface area contributed by atoms with Gasteiger partial charge in [-0.05, 0) is 42.8 Å². The summed E-state index contributed by atoms with van der Waals surface area (Å²) < 4.78 is 10.7. The Morgan fingerprint density at radius 3 is 2.60 bits per heavy atom. The largest absolute Gasteiger partial charge is 0.493 e. The second-order valence-corrected chi connectivity index (χ2v) is 6.60. The maximum Gasteiger partial charge on any atom is 0.324 e. The Balaban J connectivity index is 1.59. The normalized spacial score (nSPS) is 13.1. The minimum absolute atomic E-state index is 0.0105. The van der Waals surface area contributed by atoms with E-state index < -0.39 is 11.9 Å². The minimum atomic E-state index is -0.437. The van der Waals surface area contributed by atoms with E-state index in [1.165, 1.54) is 14.0 Å². The van der Waals surface area contributed by atoms with Crippen LogP contribution < -0.4 is 20.1 Å². The summed E-state index contributed by atoms with van der Waals surface area (Å²) in [6, 6.07) is 11.1. The summed E-state index contributed by atoms with van der Waals surface area (Å²) in [7, 11) is 1.45. The third kappa shape index (κ3) is 4.93. The van der Waals surface area contributed by atoms with Crippen LogP contribution in [0, 0.1) is 0 Å². The van der Waals surface area contributed by atoms with Gasteiger partial charge in [0, 0.05) is 11.3 Å². The molecule has 0 aliphatic carbocycles. The summed E-state index contributed by atoms with van der Waals surface area (Å²) in [5, 5.41) is 5.16. The number of ether oxygens (including phenoxy) is 2. The fraction of sp³-hybridized carbons (Fsp3) is 0.238. The number of ketones is 1. The predicted molar refractivity (Wildman–Crippen MR) is 108 cm³/mol. The highest BCUT2D eigenvalue weighted by atomic mass is 16.5. The molecule has 0 radical (unpaired) electrons. The average Bonchev–Trinajstić information content (AvgIpc) is 3.04. The number of methoxy groups -OCH3 is 1. The molecule has 2 aromatic carbocycles. The molecule has 1 aliphatic rings. The summed E-state index contributed by atoms with van der Waals surface area (Å²) in [6.07, 6.45) is 0. The standard InChI is InChI=1S/C21H21N3O6/c1-13(25)15-6-7-17(18(9-15)29-2)30-12-19(26)23-16-5-3-4-14(8-16)11-24-20(27)10-22-21(24)28/h3-9H,10-12H2,1-2H3,(H,22,28)(H,23,26). The van der Waals surface area contributed by atoms with E-state index in [4.69, 9.17) is 9.47 Å². The second kappa shape index (κ2) is 9.08. The number of rotatable bonds is 8. The zero-order chi connectivity index (χ0) is 21.7. The van der Waals surface area contributed by atoms with Crippen LogP contribution >= 0.6 is 0 Å². The molecule has 4 amide bonds. The van der Waals surface area contributed by atoms with Crippen molar-refractivity contribution in [2.24, 2.45) is 0 Å². The van der Waals surface area contributed by atoms with Crippen LogP contribution in [0.5, 0.6) is 11.5 Å². The predicted octanol–water partition coefficient (Wildman–Crippen LogP) is 1.97. The zero-order valence-electron chi connectivity index (χ0n) is 16.6. The first kappa shape index (κ1) is 20.8. The van der Waals surface area contributed by atoms with Gasteiger partial charge in [-0.1, -0.05) is 12.1 Å². The van der Waals surface area contributed by atoms with Crippen molar-refractivity contribution in [1.82, 2.24) is 10.2 Å². The molecule has 0 bridgehead atoms. The molecule has 1 fully saturated rings. The number of anilines is 1. The number of Topliss-reactive ketones (excluding diaryl/α,β-unsaturated/α-hetero) is 1. The van der Waals surface area contributed by atoms with Crippen LogP contribution in [-0.2, 0) is 16.1 Å². The van der Waals surface area contributed by atoms with Crippen LogP contribution in [0.15, 0.2) is 42.5 Å². The van der Waals surface area contributed by atoms with Gasteiger partial charge in [-0.25, -0.2) is 4.79 Å². The number of nitrogens with zero attached hydrogens (tertiary/aromatic N) is 1. The average molecular weight is 411 g/mol. The number of hydrogen-bond acceptors (Lipinski definition) is 6. The molecular formula is C21H21N3O6. The molecule has 1 saturated heterocycles. The van der Waals surface area contributed by atoms with E-state index in [0.717, 1.165) is 4.90 Å². The maximum absolute atomic E-state index is 12.3. The highest BCUT2D eigenvalue weighted by molar-refractivity contribution is 6.02.